The van der Waals surface area contributed by atoms with Gasteiger partial charge in [-0.05, 0) is 19.3 Å². The predicted molar refractivity (Wildman–Crippen MR) is 81.7 cm³/mol. The Morgan fingerprint density at radius 3 is 2.43 bits per heavy atom. The molecule has 0 bridgehead atoms. The van der Waals surface area contributed by atoms with Crippen LogP contribution < -0.4 is 10.2 Å². The van der Waals surface area contributed by atoms with Crippen LogP contribution in [0.1, 0.15) is 40.0 Å². The lowest BCUT2D eigenvalue weighted by Crippen LogP contribution is -2.38. The Hall–Kier alpha value is -1.43. The van der Waals surface area contributed by atoms with Crippen LogP contribution in [-0.4, -0.2) is 35.8 Å². The molecule has 0 fully saturated rings. The van der Waals surface area contributed by atoms with Crippen molar-refractivity contribution < 1.29 is 13.9 Å². The molecule has 6 heteroatoms. The summed E-state index contributed by atoms with van der Waals surface area (Å²) in [5.74, 6) is -1.24. The first-order chi connectivity index (χ1) is 10.1. The van der Waals surface area contributed by atoms with Gasteiger partial charge >= 0.3 is 0 Å². The van der Waals surface area contributed by atoms with E-state index < -0.39 is 11.6 Å². The highest BCUT2D eigenvalue weighted by molar-refractivity contribution is 5.50. The van der Waals surface area contributed by atoms with Crippen molar-refractivity contribution in [1.29, 1.82) is 0 Å². The summed E-state index contributed by atoms with van der Waals surface area (Å²) >= 11 is 0. The summed E-state index contributed by atoms with van der Waals surface area (Å²) in [5.41, 5.74) is 0. The zero-order valence-corrected chi connectivity index (χ0v) is 13.0. The van der Waals surface area contributed by atoms with Gasteiger partial charge in [0.05, 0.1) is 6.61 Å². The van der Waals surface area contributed by atoms with Gasteiger partial charge in [0.15, 0.2) is 23.3 Å². The van der Waals surface area contributed by atoms with E-state index in [0.29, 0.717) is 6.54 Å². The first-order valence-electron chi connectivity index (χ1n) is 7.56. The molecule has 0 unspecified atom stereocenters. The molecule has 0 saturated carbocycles. The summed E-state index contributed by atoms with van der Waals surface area (Å²) in [5, 5.41) is 12.1. The third-order valence-electron chi connectivity index (χ3n) is 3.45. The van der Waals surface area contributed by atoms with Crippen LogP contribution >= 0.6 is 0 Å². The fourth-order valence-electron chi connectivity index (χ4n) is 2.32. The van der Waals surface area contributed by atoms with E-state index in [4.69, 9.17) is 0 Å². The summed E-state index contributed by atoms with van der Waals surface area (Å²) in [7, 11) is 0. The topological polar surface area (TPSA) is 48.4 Å². The predicted octanol–water partition coefficient (Wildman–Crippen LogP) is 3.17. The summed E-state index contributed by atoms with van der Waals surface area (Å²) in [4.78, 5) is 5.81. The zero-order valence-electron chi connectivity index (χ0n) is 13.0. The molecular weight excluding hydrogens is 276 g/mol. The summed E-state index contributed by atoms with van der Waals surface area (Å²) in [6, 6.07) is 0.913. The molecule has 0 spiro atoms. The highest BCUT2D eigenvalue weighted by Crippen LogP contribution is 2.25. The van der Waals surface area contributed by atoms with Crippen molar-refractivity contribution in [3.8, 4) is 0 Å². The van der Waals surface area contributed by atoms with Crippen molar-refractivity contribution in [2.75, 3.05) is 29.9 Å². The SMILES string of the molecule is CCCNc1nc(N(CCO)C(CC)CC)c(F)cc1F. The molecule has 1 heterocycles. The van der Waals surface area contributed by atoms with Crippen molar-refractivity contribution in [3.63, 3.8) is 0 Å². The molecule has 0 amide bonds. The molecule has 0 radical (unpaired) electrons. The molecule has 0 aliphatic heterocycles. The molecule has 2 N–H and O–H groups in total. The summed E-state index contributed by atoms with van der Waals surface area (Å²) < 4.78 is 27.8. The van der Waals surface area contributed by atoms with Crippen LogP contribution in [0.15, 0.2) is 6.07 Å². The number of nitrogens with zero attached hydrogens (tertiary/aromatic N) is 2. The van der Waals surface area contributed by atoms with Crippen molar-refractivity contribution in [1.82, 2.24) is 4.98 Å². The van der Waals surface area contributed by atoms with Crippen LogP contribution in [0.5, 0.6) is 0 Å². The molecule has 1 aromatic rings. The highest BCUT2D eigenvalue weighted by atomic mass is 19.1. The van der Waals surface area contributed by atoms with Crippen LogP contribution in [0, 0.1) is 11.6 Å². The second kappa shape index (κ2) is 8.77. The molecule has 0 aromatic carbocycles. The van der Waals surface area contributed by atoms with Gasteiger partial charge in [-0.2, -0.15) is 0 Å². The number of aliphatic hydroxyl groups excluding tert-OH is 1. The Bertz CT molecular complexity index is 439. The van der Waals surface area contributed by atoms with Crippen molar-refractivity contribution in [3.05, 3.63) is 17.7 Å². The number of hydrogen-bond donors (Lipinski definition) is 2. The lowest BCUT2D eigenvalue weighted by molar-refractivity contribution is 0.294. The van der Waals surface area contributed by atoms with Crippen LogP contribution in [0.3, 0.4) is 0 Å². The number of aliphatic hydroxyl groups is 1. The van der Waals surface area contributed by atoms with E-state index in [2.05, 4.69) is 10.3 Å². The molecular formula is C15H25F2N3O. The summed E-state index contributed by atoms with van der Waals surface area (Å²) in [6.07, 6.45) is 2.42. The number of pyridine rings is 1. The van der Waals surface area contributed by atoms with Gasteiger partial charge in [0.25, 0.3) is 0 Å². The highest BCUT2D eigenvalue weighted by Gasteiger charge is 2.22. The third-order valence-corrected chi connectivity index (χ3v) is 3.45. The molecule has 1 aromatic heterocycles. The van der Waals surface area contributed by atoms with Crippen LogP contribution in [0.2, 0.25) is 0 Å². The van der Waals surface area contributed by atoms with E-state index in [-0.39, 0.29) is 30.8 Å². The van der Waals surface area contributed by atoms with Crippen LogP contribution in [0.25, 0.3) is 0 Å². The normalized spacial score (nSPS) is 11.0. The summed E-state index contributed by atoms with van der Waals surface area (Å²) in [6.45, 7) is 6.69. The maximum Gasteiger partial charge on any atom is 0.168 e. The largest absolute Gasteiger partial charge is 0.395 e. The lowest BCUT2D eigenvalue weighted by atomic mass is 10.1. The number of halogens is 2. The van der Waals surface area contributed by atoms with Gasteiger partial charge in [0, 0.05) is 25.2 Å². The molecule has 120 valence electrons. The molecule has 1 rings (SSSR count). The van der Waals surface area contributed by atoms with Crippen molar-refractivity contribution >= 4 is 11.6 Å². The van der Waals surface area contributed by atoms with Gasteiger partial charge in [-0.1, -0.05) is 20.8 Å². The van der Waals surface area contributed by atoms with Crippen molar-refractivity contribution in [2.24, 2.45) is 0 Å². The van der Waals surface area contributed by atoms with Gasteiger partial charge in [-0.15, -0.1) is 0 Å². The Kier molecular flexibility index (Phi) is 7.36. The Morgan fingerprint density at radius 2 is 1.90 bits per heavy atom. The minimum atomic E-state index is -0.699. The standard InChI is InChI=1S/C15H25F2N3O/c1-4-7-18-14-12(16)10-13(17)15(19-14)20(8-9-21)11(5-2)6-3/h10-11,21H,4-9H2,1-3H3,(H,18,19). The minimum absolute atomic E-state index is 0.0575. The monoisotopic (exact) mass is 301 g/mol. The molecule has 0 saturated heterocycles. The van der Waals surface area contributed by atoms with Gasteiger partial charge in [0.1, 0.15) is 0 Å². The van der Waals surface area contributed by atoms with Gasteiger partial charge in [-0.25, -0.2) is 13.8 Å². The molecule has 4 nitrogen and oxygen atoms in total. The second-order valence-electron chi connectivity index (χ2n) is 4.94. The smallest absolute Gasteiger partial charge is 0.168 e. The second-order valence-corrected chi connectivity index (χ2v) is 4.94. The number of aromatic nitrogens is 1. The number of rotatable bonds is 9. The van der Waals surface area contributed by atoms with E-state index in [9.17, 15) is 13.9 Å². The average molecular weight is 301 g/mol. The molecule has 0 atom stereocenters. The fourth-order valence-corrected chi connectivity index (χ4v) is 2.32. The van der Waals surface area contributed by atoms with Gasteiger partial charge in [0.2, 0.25) is 0 Å². The lowest BCUT2D eigenvalue weighted by Gasteiger charge is -2.31. The van der Waals surface area contributed by atoms with E-state index >= 15 is 0 Å². The molecule has 21 heavy (non-hydrogen) atoms. The maximum absolute atomic E-state index is 14.1. The quantitative estimate of drug-likeness (QED) is 0.735. The van der Waals surface area contributed by atoms with Crippen molar-refractivity contribution in [2.45, 2.75) is 46.1 Å². The zero-order chi connectivity index (χ0) is 15.8. The van der Waals surface area contributed by atoms with E-state index in [0.717, 1.165) is 25.3 Å². The van der Waals surface area contributed by atoms with Crippen LogP contribution in [-0.2, 0) is 0 Å². The minimum Gasteiger partial charge on any atom is -0.395 e. The molecule has 0 aliphatic rings. The van der Waals surface area contributed by atoms with E-state index in [1.807, 2.05) is 20.8 Å². The maximum atomic E-state index is 14.1. The van der Waals surface area contributed by atoms with Gasteiger partial charge < -0.3 is 15.3 Å². The van der Waals surface area contributed by atoms with Crippen LogP contribution in [0.4, 0.5) is 20.4 Å². The average Bonchev–Trinajstić information content (AvgIpc) is 2.47. The number of anilines is 2. The molecule has 0 aliphatic carbocycles. The first-order valence-corrected chi connectivity index (χ1v) is 7.56. The third kappa shape index (κ3) is 4.52. The van der Waals surface area contributed by atoms with E-state index in [1.165, 1.54) is 0 Å². The first kappa shape index (κ1) is 17.6. The van der Waals surface area contributed by atoms with Gasteiger partial charge in [-0.3, -0.25) is 0 Å². The Morgan fingerprint density at radius 1 is 1.24 bits per heavy atom. The fraction of sp³-hybridized carbons (Fsp3) is 0.667. The Labute approximate surface area is 125 Å². The number of nitrogens with one attached hydrogen (secondary N) is 1. The number of hydrogen-bond acceptors (Lipinski definition) is 4. The Balaban J connectivity index is 3.16. The van der Waals surface area contributed by atoms with E-state index in [1.54, 1.807) is 4.90 Å².